The minimum atomic E-state index is -1.27. The van der Waals surface area contributed by atoms with E-state index in [4.69, 9.17) is 0 Å². The fourth-order valence-electron chi connectivity index (χ4n) is 3.19. The molecule has 0 radical (unpaired) electrons. The lowest BCUT2D eigenvalue weighted by Crippen LogP contribution is -2.24. The van der Waals surface area contributed by atoms with Gasteiger partial charge in [0.15, 0.2) is 0 Å². The van der Waals surface area contributed by atoms with E-state index in [0.717, 1.165) is 27.3 Å². The number of aliphatic hydroxyl groups is 1. The molecular formula is C23H30O2S. The summed E-state index contributed by atoms with van der Waals surface area (Å²) in [6.07, 6.45) is 2.54. The van der Waals surface area contributed by atoms with E-state index in [-0.39, 0.29) is 11.3 Å². The molecule has 0 heterocycles. The van der Waals surface area contributed by atoms with Crippen molar-refractivity contribution in [3.8, 4) is 0 Å². The second-order valence-electron chi connectivity index (χ2n) is 8.08. The molecule has 0 saturated heterocycles. The van der Waals surface area contributed by atoms with E-state index in [2.05, 4.69) is 27.4 Å². The third kappa shape index (κ3) is 5.39. The largest absolute Gasteiger partial charge is 0.392 e. The van der Waals surface area contributed by atoms with Gasteiger partial charge in [0.05, 0.1) is 16.9 Å². The first kappa shape index (κ1) is 20.6. The molecule has 2 rings (SSSR count). The quantitative estimate of drug-likeness (QED) is 0.642. The van der Waals surface area contributed by atoms with Gasteiger partial charge in [0.2, 0.25) is 0 Å². The van der Waals surface area contributed by atoms with E-state index in [1.54, 1.807) is 6.08 Å². The molecule has 3 heteroatoms. The Bertz CT molecular complexity index is 757. The fourth-order valence-corrected chi connectivity index (χ4v) is 4.47. The molecule has 2 nitrogen and oxygen atoms in total. The number of aliphatic hydroxyl groups excluding tert-OH is 1. The second kappa shape index (κ2) is 8.79. The van der Waals surface area contributed by atoms with E-state index in [1.165, 1.54) is 0 Å². The van der Waals surface area contributed by atoms with Crippen LogP contribution in [0, 0.1) is 12.3 Å². The van der Waals surface area contributed by atoms with Crippen molar-refractivity contribution in [3.63, 3.8) is 0 Å². The summed E-state index contributed by atoms with van der Waals surface area (Å²) >= 11 is 0. The first-order chi connectivity index (χ1) is 12.2. The average molecular weight is 371 g/mol. The van der Waals surface area contributed by atoms with Crippen LogP contribution in [0.2, 0.25) is 0 Å². The molecule has 0 aromatic heterocycles. The van der Waals surface area contributed by atoms with Crippen molar-refractivity contribution in [2.75, 3.05) is 0 Å². The summed E-state index contributed by atoms with van der Waals surface area (Å²) in [7, 11) is -1.27. The van der Waals surface area contributed by atoms with E-state index in [9.17, 15) is 9.32 Å². The van der Waals surface area contributed by atoms with Crippen LogP contribution in [0.25, 0.3) is 0 Å². The molecule has 0 saturated carbocycles. The van der Waals surface area contributed by atoms with Crippen molar-refractivity contribution in [1.29, 1.82) is 0 Å². The monoisotopic (exact) mass is 370 g/mol. The highest BCUT2D eigenvalue weighted by Crippen LogP contribution is 2.38. The predicted octanol–water partition coefficient (Wildman–Crippen LogP) is 5.62. The first-order valence-corrected chi connectivity index (χ1v) is 10.2. The smallest absolute Gasteiger partial charge is 0.0852 e. The SMILES string of the molecule is C=CC[C@H](O)[C@@H](CC(C)(C)C)c1ccccc1[S@@](=O)c1ccc(C)cc1. The highest BCUT2D eigenvalue weighted by Gasteiger charge is 2.29. The zero-order valence-corrected chi connectivity index (χ0v) is 17.1. The van der Waals surface area contributed by atoms with Gasteiger partial charge in [-0.15, -0.1) is 6.58 Å². The van der Waals surface area contributed by atoms with Gasteiger partial charge in [-0.3, -0.25) is 0 Å². The van der Waals surface area contributed by atoms with E-state index in [0.29, 0.717) is 6.42 Å². The lowest BCUT2D eigenvalue weighted by atomic mass is 9.78. The number of hydrogen-bond acceptors (Lipinski definition) is 2. The third-order valence-corrected chi connectivity index (χ3v) is 5.93. The number of aryl methyl sites for hydroxylation is 1. The summed E-state index contributed by atoms with van der Waals surface area (Å²) in [6, 6.07) is 15.6. The van der Waals surface area contributed by atoms with Gasteiger partial charge < -0.3 is 5.11 Å². The summed E-state index contributed by atoms with van der Waals surface area (Å²) in [5.41, 5.74) is 2.16. The Kier molecular flexibility index (Phi) is 6.96. The highest BCUT2D eigenvalue weighted by atomic mass is 32.2. The molecule has 2 aromatic carbocycles. The lowest BCUT2D eigenvalue weighted by Gasteiger charge is -2.31. The van der Waals surface area contributed by atoms with Gasteiger partial charge in [0.25, 0.3) is 0 Å². The molecule has 0 unspecified atom stereocenters. The Balaban J connectivity index is 2.48. The van der Waals surface area contributed by atoms with E-state index < -0.39 is 16.9 Å². The number of benzene rings is 2. The average Bonchev–Trinajstić information content (AvgIpc) is 2.59. The van der Waals surface area contributed by atoms with Crippen molar-refractivity contribution in [3.05, 3.63) is 72.3 Å². The summed E-state index contributed by atoms with van der Waals surface area (Å²) < 4.78 is 13.2. The van der Waals surface area contributed by atoms with Crippen LogP contribution >= 0.6 is 0 Å². The van der Waals surface area contributed by atoms with Gasteiger partial charge in [0, 0.05) is 15.7 Å². The Morgan fingerprint density at radius 1 is 1.12 bits per heavy atom. The number of rotatable bonds is 7. The summed E-state index contributed by atoms with van der Waals surface area (Å²) in [6.45, 7) is 12.3. The summed E-state index contributed by atoms with van der Waals surface area (Å²) in [5, 5.41) is 10.8. The van der Waals surface area contributed by atoms with Gasteiger partial charge in [-0.25, -0.2) is 4.21 Å². The van der Waals surface area contributed by atoms with Crippen LogP contribution in [0.1, 0.15) is 50.7 Å². The maximum absolute atomic E-state index is 13.2. The van der Waals surface area contributed by atoms with E-state index in [1.807, 2.05) is 55.5 Å². The molecule has 0 aliphatic carbocycles. The van der Waals surface area contributed by atoms with Gasteiger partial charge >= 0.3 is 0 Å². The standard InChI is InChI=1S/C23H30O2S/c1-6-9-21(24)20(16-23(3,4)5)19-10-7-8-11-22(19)26(25)18-14-12-17(2)13-15-18/h6-8,10-15,20-21,24H,1,9,16H2,2-5H3/t20-,21-,26-/m0/s1. The van der Waals surface area contributed by atoms with Crippen LogP contribution in [0.5, 0.6) is 0 Å². The van der Waals surface area contributed by atoms with Gasteiger partial charge in [-0.05, 0) is 48.9 Å². The van der Waals surface area contributed by atoms with Gasteiger partial charge in [0.1, 0.15) is 0 Å². The maximum atomic E-state index is 13.2. The zero-order valence-electron chi connectivity index (χ0n) is 16.2. The number of hydrogen-bond donors (Lipinski definition) is 1. The zero-order chi connectivity index (χ0) is 19.3. The van der Waals surface area contributed by atoms with Crippen molar-refractivity contribution in [2.24, 2.45) is 5.41 Å². The Hall–Kier alpha value is -1.71. The predicted molar refractivity (Wildman–Crippen MR) is 110 cm³/mol. The molecule has 0 spiro atoms. The minimum absolute atomic E-state index is 0.0469. The molecule has 1 N–H and O–H groups in total. The van der Waals surface area contributed by atoms with Crippen LogP contribution in [-0.2, 0) is 10.8 Å². The Labute approximate surface area is 160 Å². The van der Waals surface area contributed by atoms with Crippen molar-refractivity contribution >= 4 is 10.8 Å². The normalized spacial score (nSPS) is 15.3. The van der Waals surface area contributed by atoms with Crippen LogP contribution in [0.3, 0.4) is 0 Å². The Morgan fingerprint density at radius 3 is 2.31 bits per heavy atom. The van der Waals surface area contributed by atoms with Crippen molar-refractivity contribution in [2.45, 2.75) is 62.3 Å². The molecule has 3 atom stereocenters. The molecule has 0 amide bonds. The van der Waals surface area contributed by atoms with Crippen molar-refractivity contribution < 1.29 is 9.32 Å². The van der Waals surface area contributed by atoms with Crippen LogP contribution < -0.4 is 0 Å². The van der Waals surface area contributed by atoms with Crippen molar-refractivity contribution in [1.82, 2.24) is 0 Å². The molecule has 0 bridgehead atoms. The fraction of sp³-hybridized carbons (Fsp3) is 0.391. The molecule has 140 valence electrons. The molecule has 2 aromatic rings. The molecule has 0 aliphatic rings. The van der Waals surface area contributed by atoms with Gasteiger partial charge in [-0.2, -0.15) is 0 Å². The molecule has 0 aliphatic heterocycles. The highest BCUT2D eigenvalue weighted by molar-refractivity contribution is 7.85. The maximum Gasteiger partial charge on any atom is 0.0852 e. The van der Waals surface area contributed by atoms with E-state index >= 15 is 0 Å². The minimum Gasteiger partial charge on any atom is -0.392 e. The van der Waals surface area contributed by atoms with Crippen LogP contribution in [0.4, 0.5) is 0 Å². The van der Waals surface area contributed by atoms with Crippen LogP contribution in [-0.4, -0.2) is 15.4 Å². The summed E-state index contributed by atoms with van der Waals surface area (Å²) in [4.78, 5) is 1.57. The lowest BCUT2D eigenvalue weighted by molar-refractivity contribution is 0.121. The van der Waals surface area contributed by atoms with Gasteiger partial charge in [-0.1, -0.05) is 62.7 Å². The molecular weight excluding hydrogens is 340 g/mol. The Morgan fingerprint density at radius 2 is 1.73 bits per heavy atom. The molecule has 0 fully saturated rings. The first-order valence-electron chi connectivity index (χ1n) is 9.09. The second-order valence-corrected chi connectivity index (χ2v) is 9.53. The van der Waals surface area contributed by atoms with Crippen LogP contribution in [0.15, 0.2) is 71.0 Å². The topological polar surface area (TPSA) is 37.3 Å². The molecule has 26 heavy (non-hydrogen) atoms. The summed E-state index contributed by atoms with van der Waals surface area (Å²) in [5.74, 6) is -0.0846. The third-order valence-electron chi connectivity index (χ3n) is 4.46.